The van der Waals surface area contributed by atoms with E-state index in [1.807, 2.05) is 0 Å². The average molecular weight is 231 g/mol. The van der Waals surface area contributed by atoms with Gasteiger partial charge in [0.1, 0.15) is 0 Å². The largest absolute Gasteiger partial charge is 0.313 e. The van der Waals surface area contributed by atoms with Crippen LogP contribution in [0.1, 0.15) is 53.4 Å². The molecule has 15 heavy (non-hydrogen) atoms. The minimum atomic E-state index is -0.709. The van der Waals surface area contributed by atoms with E-state index in [0.29, 0.717) is 11.3 Å². The van der Waals surface area contributed by atoms with Crippen LogP contribution in [0.3, 0.4) is 0 Å². The lowest BCUT2D eigenvalue weighted by atomic mass is 10.2. The second-order valence-corrected chi connectivity index (χ2v) is 7.86. The maximum atomic E-state index is 12.3. The third-order valence-electron chi connectivity index (χ3n) is 2.99. The highest BCUT2D eigenvalue weighted by Crippen LogP contribution is 2.29. The Kier molecular flexibility index (Phi) is 4.78. The normalized spacial score (nSPS) is 29.3. The van der Waals surface area contributed by atoms with E-state index in [2.05, 4.69) is 33.0 Å². The van der Waals surface area contributed by atoms with Crippen LogP contribution in [0.4, 0.5) is 0 Å². The fourth-order valence-electron chi connectivity index (χ4n) is 2.20. The third-order valence-corrected chi connectivity index (χ3v) is 5.31. The third kappa shape index (κ3) is 3.56. The van der Waals surface area contributed by atoms with Crippen molar-refractivity contribution < 1.29 is 4.21 Å². The van der Waals surface area contributed by atoms with Gasteiger partial charge < -0.3 is 5.32 Å². The molecule has 1 N–H and O–H groups in total. The molecule has 1 saturated carbocycles. The Hall–Kier alpha value is 0.110. The lowest BCUT2D eigenvalue weighted by Crippen LogP contribution is -2.43. The lowest BCUT2D eigenvalue weighted by Gasteiger charge is -2.27. The lowest BCUT2D eigenvalue weighted by molar-refractivity contribution is 0.517. The number of hydrogen-bond acceptors (Lipinski definition) is 2. The van der Waals surface area contributed by atoms with Gasteiger partial charge in [0.25, 0.3) is 0 Å². The summed E-state index contributed by atoms with van der Waals surface area (Å²) in [5, 5.41) is 3.91. The van der Waals surface area contributed by atoms with Crippen molar-refractivity contribution in [3.8, 4) is 0 Å². The number of nitrogens with one attached hydrogen (secondary N) is 1. The highest BCUT2D eigenvalue weighted by molar-refractivity contribution is 7.87. The van der Waals surface area contributed by atoms with Crippen LogP contribution in [0.15, 0.2) is 0 Å². The van der Waals surface area contributed by atoms with E-state index in [1.165, 1.54) is 12.8 Å². The fraction of sp³-hybridized carbons (Fsp3) is 1.00. The highest BCUT2D eigenvalue weighted by Gasteiger charge is 2.36. The minimum Gasteiger partial charge on any atom is -0.313 e. The molecule has 90 valence electrons. The molecule has 3 atom stereocenters. The van der Waals surface area contributed by atoms with E-state index in [0.717, 1.165) is 19.4 Å². The second kappa shape index (κ2) is 5.44. The van der Waals surface area contributed by atoms with E-state index in [-0.39, 0.29) is 4.75 Å². The molecular formula is C12H25NOS. The zero-order valence-corrected chi connectivity index (χ0v) is 11.3. The first-order valence-electron chi connectivity index (χ1n) is 6.11. The van der Waals surface area contributed by atoms with Gasteiger partial charge in [-0.05, 0) is 46.6 Å². The Morgan fingerprint density at radius 3 is 2.53 bits per heavy atom. The molecule has 0 saturated heterocycles. The summed E-state index contributed by atoms with van der Waals surface area (Å²) in [6.07, 6.45) is 4.72. The van der Waals surface area contributed by atoms with Crippen molar-refractivity contribution in [3.05, 3.63) is 0 Å². The Bertz CT molecular complexity index is 222. The van der Waals surface area contributed by atoms with Crippen LogP contribution in [0.2, 0.25) is 0 Å². The summed E-state index contributed by atoms with van der Waals surface area (Å²) in [5.74, 6) is 0. The molecule has 0 spiro atoms. The molecule has 0 aromatic heterocycles. The molecule has 0 radical (unpaired) electrons. The average Bonchev–Trinajstić information content (AvgIpc) is 2.59. The first kappa shape index (κ1) is 13.2. The van der Waals surface area contributed by atoms with Crippen LogP contribution in [0, 0.1) is 0 Å². The monoisotopic (exact) mass is 231 g/mol. The van der Waals surface area contributed by atoms with Crippen molar-refractivity contribution in [1.29, 1.82) is 0 Å². The Morgan fingerprint density at radius 1 is 1.33 bits per heavy atom. The zero-order chi connectivity index (χ0) is 11.5. The molecule has 1 rings (SSSR count). The van der Waals surface area contributed by atoms with Gasteiger partial charge in [-0.2, -0.15) is 0 Å². The van der Waals surface area contributed by atoms with Gasteiger partial charge in [0.05, 0.1) is 5.25 Å². The van der Waals surface area contributed by atoms with Crippen molar-refractivity contribution >= 4 is 10.8 Å². The summed E-state index contributed by atoms with van der Waals surface area (Å²) in [5.41, 5.74) is 0. The molecule has 0 heterocycles. The van der Waals surface area contributed by atoms with E-state index in [4.69, 9.17) is 0 Å². The molecule has 0 aliphatic heterocycles. The molecule has 0 amide bonds. The van der Waals surface area contributed by atoms with Gasteiger partial charge in [-0.3, -0.25) is 4.21 Å². The predicted molar refractivity (Wildman–Crippen MR) is 67.6 cm³/mol. The number of rotatable bonds is 4. The maximum absolute atomic E-state index is 12.3. The van der Waals surface area contributed by atoms with E-state index in [9.17, 15) is 4.21 Å². The van der Waals surface area contributed by atoms with Gasteiger partial charge in [-0.1, -0.05) is 13.3 Å². The molecule has 3 heteroatoms. The summed E-state index contributed by atoms with van der Waals surface area (Å²) in [7, 11) is -0.709. The summed E-state index contributed by atoms with van der Waals surface area (Å²) < 4.78 is 12.2. The predicted octanol–water partition coefficient (Wildman–Crippen LogP) is 2.45. The summed E-state index contributed by atoms with van der Waals surface area (Å²) in [6, 6.07) is 0.491. The van der Waals surface area contributed by atoms with Crippen LogP contribution in [0.25, 0.3) is 0 Å². The Balaban J connectivity index is 2.56. The van der Waals surface area contributed by atoms with E-state index < -0.39 is 10.8 Å². The van der Waals surface area contributed by atoms with Crippen LogP contribution < -0.4 is 5.32 Å². The SMILES string of the molecule is CCCNC1CCCC1S(=O)C(C)(C)C. The Morgan fingerprint density at radius 2 is 2.00 bits per heavy atom. The van der Waals surface area contributed by atoms with Crippen molar-refractivity contribution in [2.24, 2.45) is 0 Å². The fourth-order valence-corrected chi connectivity index (χ4v) is 4.02. The van der Waals surface area contributed by atoms with Crippen molar-refractivity contribution in [3.63, 3.8) is 0 Å². The number of hydrogen-bond donors (Lipinski definition) is 1. The van der Waals surface area contributed by atoms with Crippen molar-refractivity contribution in [2.75, 3.05) is 6.54 Å². The van der Waals surface area contributed by atoms with Gasteiger partial charge in [0.15, 0.2) is 0 Å². The highest BCUT2D eigenvalue weighted by atomic mass is 32.2. The van der Waals surface area contributed by atoms with Crippen LogP contribution in [0.5, 0.6) is 0 Å². The quantitative estimate of drug-likeness (QED) is 0.805. The minimum absolute atomic E-state index is 0.0683. The van der Waals surface area contributed by atoms with Gasteiger partial charge in [-0.25, -0.2) is 0 Å². The second-order valence-electron chi connectivity index (χ2n) is 5.44. The van der Waals surface area contributed by atoms with Crippen molar-refractivity contribution in [1.82, 2.24) is 5.32 Å². The molecule has 0 bridgehead atoms. The topological polar surface area (TPSA) is 29.1 Å². The van der Waals surface area contributed by atoms with Crippen LogP contribution in [-0.4, -0.2) is 26.8 Å². The maximum Gasteiger partial charge on any atom is 0.0506 e. The summed E-state index contributed by atoms with van der Waals surface area (Å²) >= 11 is 0. The molecule has 1 aliphatic carbocycles. The van der Waals surface area contributed by atoms with Gasteiger partial charge in [0, 0.05) is 21.6 Å². The first-order chi connectivity index (χ1) is 6.96. The van der Waals surface area contributed by atoms with Gasteiger partial charge >= 0.3 is 0 Å². The molecule has 3 unspecified atom stereocenters. The van der Waals surface area contributed by atoms with Crippen LogP contribution in [-0.2, 0) is 10.8 Å². The van der Waals surface area contributed by atoms with Crippen molar-refractivity contribution in [2.45, 2.75) is 69.4 Å². The summed E-state index contributed by atoms with van der Waals surface area (Å²) in [4.78, 5) is 0. The molecule has 0 aromatic rings. The zero-order valence-electron chi connectivity index (χ0n) is 10.5. The van der Waals surface area contributed by atoms with Gasteiger partial charge in [0.2, 0.25) is 0 Å². The molecular weight excluding hydrogens is 206 g/mol. The molecule has 1 aliphatic rings. The molecule has 1 fully saturated rings. The first-order valence-corrected chi connectivity index (χ1v) is 7.32. The summed E-state index contributed by atoms with van der Waals surface area (Å²) in [6.45, 7) is 9.48. The smallest absolute Gasteiger partial charge is 0.0506 e. The molecule has 0 aromatic carbocycles. The van der Waals surface area contributed by atoms with Gasteiger partial charge in [-0.15, -0.1) is 0 Å². The standard InChI is InChI=1S/C12H25NOS/c1-5-9-13-10-7-6-8-11(10)15(14)12(2,3)4/h10-11,13H,5-9H2,1-4H3. The Labute approximate surface area is 96.7 Å². The van der Waals surface area contributed by atoms with E-state index >= 15 is 0 Å². The van der Waals surface area contributed by atoms with E-state index in [1.54, 1.807) is 0 Å². The van der Waals surface area contributed by atoms with Crippen LogP contribution >= 0.6 is 0 Å². The molecule has 2 nitrogen and oxygen atoms in total.